The van der Waals surface area contributed by atoms with E-state index in [-0.39, 0.29) is 24.2 Å². The molecule has 0 aromatic heterocycles. The molecule has 1 aromatic rings. The van der Waals surface area contributed by atoms with Crippen molar-refractivity contribution in [3.63, 3.8) is 0 Å². The number of hydrogen-bond acceptors (Lipinski definition) is 2. The number of carbonyl (C=O) groups is 2. The Morgan fingerprint density at radius 2 is 2.00 bits per heavy atom. The first-order chi connectivity index (χ1) is 8.02. The van der Waals surface area contributed by atoms with E-state index >= 15 is 0 Å². The molecule has 1 aromatic carbocycles. The summed E-state index contributed by atoms with van der Waals surface area (Å²) in [7, 11) is 0. The maximum atomic E-state index is 12.8. The number of rotatable bonds is 4. The Morgan fingerprint density at radius 1 is 1.29 bits per heavy atom. The van der Waals surface area contributed by atoms with E-state index in [4.69, 9.17) is 0 Å². The van der Waals surface area contributed by atoms with Crippen LogP contribution in [0.1, 0.15) is 18.9 Å². The maximum absolute atomic E-state index is 12.8. The van der Waals surface area contributed by atoms with Gasteiger partial charge in [0.15, 0.2) is 0 Å². The average Bonchev–Trinajstić information content (AvgIpc) is 2.29. The van der Waals surface area contributed by atoms with Crippen molar-refractivity contribution in [3.8, 4) is 0 Å². The Kier molecular flexibility index (Phi) is 4.63. The first-order valence-corrected chi connectivity index (χ1v) is 5.35. The number of aryl methyl sites for hydroxylation is 1. The Balaban J connectivity index is 2.53. The average molecular weight is 238 g/mol. The number of benzene rings is 1. The van der Waals surface area contributed by atoms with Gasteiger partial charge in [-0.15, -0.1) is 0 Å². The minimum absolute atomic E-state index is 0.0799. The highest BCUT2D eigenvalue weighted by atomic mass is 19.1. The summed E-state index contributed by atoms with van der Waals surface area (Å²) >= 11 is 0. The summed E-state index contributed by atoms with van der Waals surface area (Å²) < 4.78 is 12.8. The monoisotopic (exact) mass is 238 g/mol. The maximum Gasteiger partial charge on any atom is 0.243 e. The van der Waals surface area contributed by atoms with E-state index in [0.717, 1.165) is 0 Å². The lowest BCUT2D eigenvalue weighted by atomic mass is 10.2. The fourth-order valence-corrected chi connectivity index (χ4v) is 1.27. The first-order valence-electron chi connectivity index (χ1n) is 5.35. The fourth-order valence-electron chi connectivity index (χ4n) is 1.27. The van der Waals surface area contributed by atoms with Crippen molar-refractivity contribution in [1.82, 2.24) is 5.32 Å². The summed E-state index contributed by atoms with van der Waals surface area (Å²) in [5, 5.41) is 5.05. The van der Waals surface area contributed by atoms with Gasteiger partial charge in [0, 0.05) is 12.1 Å². The van der Waals surface area contributed by atoms with E-state index in [1.165, 1.54) is 18.2 Å². The SMILES string of the molecule is CCC(=O)NCC(=O)Nc1ccc(F)cc1C. The molecule has 0 heterocycles. The van der Waals surface area contributed by atoms with E-state index < -0.39 is 0 Å². The van der Waals surface area contributed by atoms with Crippen LogP contribution in [0.15, 0.2) is 18.2 Å². The molecule has 0 fully saturated rings. The van der Waals surface area contributed by atoms with Crippen LogP contribution in [0.5, 0.6) is 0 Å². The number of anilines is 1. The van der Waals surface area contributed by atoms with E-state index in [2.05, 4.69) is 10.6 Å². The van der Waals surface area contributed by atoms with Crippen LogP contribution in [0.2, 0.25) is 0 Å². The number of halogens is 1. The van der Waals surface area contributed by atoms with Gasteiger partial charge >= 0.3 is 0 Å². The van der Waals surface area contributed by atoms with Gasteiger partial charge in [-0.2, -0.15) is 0 Å². The van der Waals surface area contributed by atoms with Crippen molar-refractivity contribution in [3.05, 3.63) is 29.6 Å². The second-order valence-electron chi connectivity index (χ2n) is 3.64. The topological polar surface area (TPSA) is 58.2 Å². The normalized spacial score (nSPS) is 9.82. The molecule has 0 spiro atoms. The Hall–Kier alpha value is -1.91. The fraction of sp³-hybridized carbons (Fsp3) is 0.333. The van der Waals surface area contributed by atoms with Gasteiger partial charge in [-0.05, 0) is 30.7 Å². The van der Waals surface area contributed by atoms with Gasteiger partial charge in [-0.1, -0.05) is 6.92 Å². The molecule has 1 rings (SSSR count). The molecule has 0 saturated carbocycles. The molecule has 2 amide bonds. The van der Waals surface area contributed by atoms with Crippen LogP contribution in [0.3, 0.4) is 0 Å². The number of hydrogen-bond donors (Lipinski definition) is 2. The standard InChI is InChI=1S/C12H15FN2O2/c1-3-11(16)14-7-12(17)15-10-5-4-9(13)6-8(10)2/h4-6H,3,7H2,1-2H3,(H,14,16)(H,15,17). The summed E-state index contributed by atoms with van der Waals surface area (Å²) in [5.41, 5.74) is 1.18. The van der Waals surface area contributed by atoms with Gasteiger partial charge in [0.25, 0.3) is 0 Å². The number of amides is 2. The van der Waals surface area contributed by atoms with Crippen molar-refractivity contribution in [2.45, 2.75) is 20.3 Å². The molecule has 0 bridgehead atoms. The van der Waals surface area contributed by atoms with Crippen molar-refractivity contribution in [1.29, 1.82) is 0 Å². The molecule has 0 unspecified atom stereocenters. The predicted molar refractivity (Wildman–Crippen MR) is 63.1 cm³/mol. The summed E-state index contributed by atoms with van der Waals surface area (Å²) in [6.07, 6.45) is 0.336. The lowest BCUT2D eigenvalue weighted by Crippen LogP contribution is -2.32. The Morgan fingerprint density at radius 3 is 2.59 bits per heavy atom. The number of carbonyl (C=O) groups excluding carboxylic acids is 2. The van der Waals surface area contributed by atoms with Crippen LogP contribution in [0, 0.1) is 12.7 Å². The minimum Gasteiger partial charge on any atom is -0.347 e. The lowest BCUT2D eigenvalue weighted by molar-refractivity contribution is -0.123. The molecule has 17 heavy (non-hydrogen) atoms. The molecule has 4 nitrogen and oxygen atoms in total. The molecule has 92 valence electrons. The highest BCUT2D eigenvalue weighted by Crippen LogP contribution is 2.15. The smallest absolute Gasteiger partial charge is 0.243 e. The zero-order chi connectivity index (χ0) is 12.8. The summed E-state index contributed by atoms with van der Waals surface area (Å²) in [5.74, 6) is -0.864. The quantitative estimate of drug-likeness (QED) is 0.837. The third-order valence-corrected chi connectivity index (χ3v) is 2.23. The zero-order valence-corrected chi connectivity index (χ0v) is 9.84. The summed E-state index contributed by atoms with van der Waals surface area (Å²) in [6.45, 7) is 3.32. The second kappa shape index (κ2) is 5.98. The molecule has 0 radical (unpaired) electrons. The summed E-state index contributed by atoms with van der Waals surface area (Å²) in [6, 6.07) is 4.09. The predicted octanol–water partition coefficient (Wildman–Crippen LogP) is 1.60. The van der Waals surface area contributed by atoms with Gasteiger partial charge in [0.1, 0.15) is 5.82 Å². The highest BCUT2D eigenvalue weighted by molar-refractivity contribution is 5.95. The van der Waals surface area contributed by atoms with Crippen LogP contribution in [0.4, 0.5) is 10.1 Å². The van der Waals surface area contributed by atoms with E-state index in [1.54, 1.807) is 13.8 Å². The zero-order valence-electron chi connectivity index (χ0n) is 9.84. The lowest BCUT2D eigenvalue weighted by Gasteiger charge is -2.08. The molecule has 0 atom stereocenters. The molecule has 0 aliphatic rings. The Bertz CT molecular complexity index is 433. The van der Waals surface area contributed by atoms with Gasteiger partial charge in [-0.3, -0.25) is 9.59 Å². The first kappa shape index (κ1) is 13.2. The molecule has 5 heteroatoms. The van der Waals surface area contributed by atoms with E-state index in [1.807, 2.05) is 0 Å². The molecule has 2 N–H and O–H groups in total. The largest absolute Gasteiger partial charge is 0.347 e. The van der Waals surface area contributed by atoms with Gasteiger partial charge in [-0.25, -0.2) is 4.39 Å². The van der Waals surface area contributed by atoms with Crippen molar-refractivity contribution in [2.24, 2.45) is 0 Å². The third kappa shape index (κ3) is 4.22. The van der Waals surface area contributed by atoms with Crippen molar-refractivity contribution >= 4 is 17.5 Å². The van der Waals surface area contributed by atoms with Crippen molar-refractivity contribution < 1.29 is 14.0 Å². The van der Waals surface area contributed by atoms with Gasteiger partial charge in [0.2, 0.25) is 11.8 Å². The molecule has 0 saturated heterocycles. The minimum atomic E-state index is -0.347. The molecule has 0 aliphatic carbocycles. The van der Waals surface area contributed by atoms with Gasteiger partial charge in [0.05, 0.1) is 6.54 Å². The van der Waals surface area contributed by atoms with Crippen LogP contribution in [-0.2, 0) is 9.59 Å². The van der Waals surface area contributed by atoms with E-state index in [0.29, 0.717) is 17.7 Å². The van der Waals surface area contributed by atoms with Gasteiger partial charge < -0.3 is 10.6 Å². The summed E-state index contributed by atoms with van der Waals surface area (Å²) in [4.78, 5) is 22.4. The highest BCUT2D eigenvalue weighted by Gasteiger charge is 2.06. The Labute approximate surface area is 99.2 Å². The van der Waals surface area contributed by atoms with Crippen LogP contribution in [0.25, 0.3) is 0 Å². The molecular formula is C12H15FN2O2. The third-order valence-electron chi connectivity index (χ3n) is 2.23. The van der Waals surface area contributed by atoms with Crippen molar-refractivity contribution in [2.75, 3.05) is 11.9 Å². The van der Waals surface area contributed by atoms with Crippen LogP contribution >= 0.6 is 0 Å². The van der Waals surface area contributed by atoms with Crippen LogP contribution < -0.4 is 10.6 Å². The molecule has 0 aliphatic heterocycles. The number of nitrogens with one attached hydrogen (secondary N) is 2. The van der Waals surface area contributed by atoms with E-state index in [9.17, 15) is 14.0 Å². The van der Waals surface area contributed by atoms with Crippen LogP contribution in [-0.4, -0.2) is 18.4 Å². The second-order valence-corrected chi connectivity index (χ2v) is 3.64. The molecular weight excluding hydrogens is 223 g/mol.